The molecule has 0 radical (unpaired) electrons. The van der Waals surface area contributed by atoms with E-state index in [1.54, 1.807) is 12.1 Å². The maximum atomic E-state index is 11.6. The molecule has 2 N–H and O–H groups in total. The summed E-state index contributed by atoms with van der Waals surface area (Å²) in [7, 11) is 0. The van der Waals surface area contributed by atoms with Crippen LogP contribution in [0.4, 0.5) is 0 Å². The molecule has 1 amide bonds. The Balaban J connectivity index is 1.81. The van der Waals surface area contributed by atoms with Gasteiger partial charge in [-0.15, -0.1) is 10.2 Å². The highest BCUT2D eigenvalue weighted by Crippen LogP contribution is 2.26. The summed E-state index contributed by atoms with van der Waals surface area (Å²) in [5.74, 6) is 1.28. The first kappa shape index (κ1) is 13.8. The largest absolute Gasteiger partial charge is 0.490 e. The van der Waals surface area contributed by atoms with Gasteiger partial charge in [0.25, 0.3) is 5.91 Å². The van der Waals surface area contributed by atoms with Crippen LogP contribution in [0.3, 0.4) is 0 Å². The van der Waals surface area contributed by atoms with Crippen LogP contribution < -0.4 is 14.8 Å². The van der Waals surface area contributed by atoms with E-state index in [1.165, 1.54) is 0 Å². The van der Waals surface area contributed by atoms with Crippen molar-refractivity contribution in [1.82, 2.24) is 25.9 Å². The lowest BCUT2D eigenvalue weighted by atomic mass is 10.3. The van der Waals surface area contributed by atoms with E-state index in [0.29, 0.717) is 23.9 Å². The Labute approximate surface area is 115 Å². The van der Waals surface area contributed by atoms with Crippen LogP contribution in [-0.4, -0.2) is 39.7 Å². The van der Waals surface area contributed by atoms with Crippen LogP contribution in [0.2, 0.25) is 0 Å². The number of amides is 1. The fourth-order valence-corrected chi connectivity index (χ4v) is 1.47. The number of hydrogen-bond acceptors (Lipinski definition) is 6. The van der Waals surface area contributed by atoms with Gasteiger partial charge in [-0.2, -0.15) is 5.21 Å². The zero-order valence-corrected chi connectivity index (χ0v) is 11.0. The molecule has 1 aromatic heterocycles. The first-order chi connectivity index (χ1) is 9.79. The van der Waals surface area contributed by atoms with Crippen LogP contribution >= 0.6 is 0 Å². The van der Waals surface area contributed by atoms with Gasteiger partial charge in [-0.1, -0.05) is 17.3 Å². The van der Waals surface area contributed by atoms with Crippen molar-refractivity contribution in [3.8, 4) is 11.5 Å². The van der Waals surface area contributed by atoms with Gasteiger partial charge in [-0.25, -0.2) is 0 Å². The minimum Gasteiger partial charge on any atom is -0.490 e. The monoisotopic (exact) mass is 277 g/mol. The quantitative estimate of drug-likeness (QED) is 0.754. The number of ether oxygens (including phenoxy) is 2. The molecule has 0 aliphatic carbocycles. The molecule has 2 aromatic rings. The van der Waals surface area contributed by atoms with E-state index in [9.17, 15) is 4.79 Å². The first-order valence-corrected chi connectivity index (χ1v) is 6.13. The van der Waals surface area contributed by atoms with E-state index in [0.717, 1.165) is 0 Å². The Bertz CT molecular complexity index is 544. The van der Waals surface area contributed by atoms with Crippen molar-refractivity contribution in [2.75, 3.05) is 13.2 Å². The van der Waals surface area contributed by atoms with E-state index in [-0.39, 0.29) is 19.1 Å². The van der Waals surface area contributed by atoms with Gasteiger partial charge in [0.2, 0.25) is 0 Å². The molecule has 0 aliphatic heterocycles. The summed E-state index contributed by atoms with van der Waals surface area (Å²) in [5.41, 5.74) is 0. The second-order valence-electron chi connectivity index (χ2n) is 3.77. The SMILES string of the molecule is CCOc1ccccc1OCC(=O)NCc1nn[nH]n1. The molecule has 0 aliphatic rings. The van der Waals surface area contributed by atoms with Gasteiger partial charge in [0.05, 0.1) is 13.2 Å². The summed E-state index contributed by atoms with van der Waals surface area (Å²) in [4.78, 5) is 11.6. The van der Waals surface area contributed by atoms with Crippen LogP contribution in [-0.2, 0) is 11.3 Å². The van der Waals surface area contributed by atoms with Gasteiger partial charge < -0.3 is 14.8 Å². The second-order valence-corrected chi connectivity index (χ2v) is 3.77. The molecule has 2 rings (SSSR count). The van der Waals surface area contributed by atoms with Crippen LogP contribution in [0, 0.1) is 0 Å². The van der Waals surface area contributed by atoms with Crippen LogP contribution in [0.1, 0.15) is 12.7 Å². The normalized spacial score (nSPS) is 10.1. The number of nitrogens with one attached hydrogen (secondary N) is 2. The molecule has 8 heteroatoms. The van der Waals surface area contributed by atoms with Gasteiger partial charge in [0, 0.05) is 0 Å². The zero-order chi connectivity index (χ0) is 14.2. The number of rotatable bonds is 7. The molecule has 106 valence electrons. The van der Waals surface area contributed by atoms with Crippen molar-refractivity contribution in [3.05, 3.63) is 30.1 Å². The molecule has 0 saturated heterocycles. The molecule has 0 atom stereocenters. The van der Waals surface area contributed by atoms with Gasteiger partial charge in [0.15, 0.2) is 23.9 Å². The van der Waals surface area contributed by atoms with Crippen molar-refractivity contribution in [2.24, 2.45) is 0 Å². The van der Waals surface area contributed by atoms with Crippen molar-refractivity contribution < 1.29 is 14.3 Å². The summed E-state index contributed by atoms with van der Waals surface area (Å²) in [5, 5.41) is 15.8. The maximum Gasteiger partial charge on any atom is 0.258 e. The van der Waals surface area contributed by atoms with Crippen molar-refractivity contribution >= 4 is 5.91 Å². The fourth-order valence-electron chi connectivity index (χ4n) is 1.47. The Morgan fingerprint density at radius 3 is 2.70 bits per heavy atom. The highest BCUT2D eigenvalue weighted by atomic mass is 16.5. The van der Waals surface area contributed by atoms with Gasteiger partial charge >= 0.3 is 0 Å². The maximum absolute atomic E-state index is 11.6. The summed E-state index contributed by atoms with van der Waals surface area (Å²) in [6, 6.07) is 7.19. The summed E-state index contributed by atoms with van der Waals surface area (Å²) >= 11 is 0. The molecule has 8 nitrogen and oxygen atoms in total. The number of nitrogens with zero attached hydrogens (tertiary/aromatic N) is 3. The third-order valence-electron chi connectivity index (χ3n) is 2.34. The van der Waals surface area contributed by atoms with Crippen molar-refractivity contribution in [1.29, 1.82) is 0 Å². The number of benzene rings is 1. The minimum absolute atomic E-state index is 0.109. The summed E-state index contributed by atoms with van der Waals surface area (Å²) in [6.07, 6.45) is 0. The van der Waals surface area contributed by atoms with E-state index in [1.807, 2.05) is 19.1 Å². The molecule has 0 spiro atoms. The number of carbonyl (C=O) groups is 1. The Morgan fingerprint density at radius 2 is 2.05 bits per heavy atom. The number of aromatic nitrogens is 4. The van der Waals surface area contributed by atoms with Crippen LogP contribution in [0.5, 0.6) is 11.5 Å². The van der Waals surface area contributed by atoms with E-state index < -0.39 is 0 Å². The van der Waals surface area contributed by atoms with Crippen molar-refractivity contribution in [3.63, 3.8) is 0 Å². The molecule has 0 bridgehead atoms. The zero-order valence-electron chi connectivity index (χ0n) is 11.0. The molecule has 1 aromatic carbocycles. The van der Waals surface area contributed by atoms with Crippen LogP contribution in [0.25, 0.3) is 0 Å². The van der Waals surface area contributed by atoms with Gasteiger partial charge in [0.1, 0.15) is 0 Å². The van der Waals surface area contributed by atoms with E-state index >= 15 is 0 Å². The molecular formula is C12H15N5O3. The van der Waals surface area contributed by atoms with Gasteiger partial charge in [-0.05, 0) is 19.1 Å². The molecule has 0 fully saturated rings. The lowest BCUT2D eigenvalue weighted by Gasteiger charge is -2.11. The molecular weight excluding hydrogens is 262 g/mol. The van der Waals surface area contributed by atoms with Crippen LogP contribution in [0.15, 0.2) is 24.3 Å². The number of hydrogen-bond donors (Lipinski definition) is 2. The second kappa shape index (κ2) is 7.07. The average molecular weight is 277 g/mol. The predicted molar refractivity (Wildman–Crippen MR) is 69.1 cm³/mol. The summed E-state index contributed by atoms with van der Waals surface area (Å²) in [6.45, 7) is 2.51. The lowest BCUT2D eigenvalue weighted by Crippen LogP contribution is -2.28. The average Bonchev–Trinajstić information content (AvgIpc) is 2.98. The first-order valence-electron chi connectivity index (χ1n) is 6.13. The highest BCUT2D eigenvalue weighted by Gasteiger charge is 2.08. The smallest absolute Gasteiger partial charge is 0.258 e. The summed E-state index contributed by atoms with van der Waals surface area (Å²) < 4.78 is 10.8. The third kappa shape index (κ3) is 3.94. The Kier molecular flexibility index (Phi) is 4.87. The third-order valence-corrected chi connectivity index (χ3v) is 2.34. The van der Waals surface area contributed by atoms with E-state index in [2.05, 4.69) is 25.9 Å². The number of tetrazole rings is 1. The standard InChI is InChI=1S/C12H15N5O3/c1-2-19-9-5-3-4-6-10(9)20-8-12(18)13-7-11-14-16-17-15-11/h3-6H,2,7-8H2,1H3,(H,13,18)(H,14,15,16,17). The number of aromatic amines is 1. The minimum atomic E-state index is -0.277. The molecule has 0 saturated carbocycles. The topological polar surface area (TPSA) is 102 Å². The van der Waals surface area contributed by atoms with Crippen molar-refractivity contribution in [2.45, 2.75) is 13.5 Å². The van der Waals surface area contributed by atoms with E-state index in [4.69, 9.17) is 9.47 Å². The van der Waals surface area contributed by atoms with Gasteiger partial charge in [-0.3, -0.25) is 4.79 Å². The molecule has 0 unspecified atom stereocenters. The Hall–Kier alpha value is -2.64. The number of para-hydroxylation sites is 2. The lowest BCUT2D eigenvalue weighted by molar-refractivity contribution is -0.123. The Morgan fingerprint density at radius 1 is 1.30 bits per heavy atom. The number of carbonyl (C=O) groups excluding carboxylic acids is 1. The predicted octanol–water partition coefficient (Wildman–Crippen LogP) is 0.294. The molecule has 1 heterocycles. The highest BCUT2D eigenvalue weighted by molar-refractivity contribution is 5.77. The molecule has 20 heavy (non-hydrogen) atoms. The fraction of sp³-hybridized carbons (Fsp3) is 0.333. The number of H-pyrrole nitrogens is 1.